The van der Waals surface area contributed by atoms with E-state index in [0.29, 0.717) is 13.0 Å². The first-order chi connectivity index (χ1) is 11.7. The summed E-state index contributed by atoms with van der Waals surface area (Å²) in [6.45, 7) is 2.28. The van der Waals surface area contributed by atoms with Crippen LogP contribution in [-0.4, -0.2) is 47.4 Å². The Labute approximate surface area is 142 Å². The third kappa shape index (κ3) is 2.89. The number of rotatable bonds is 2. The minimum absolute atomic E-state index is 0.00889. The van der Waals surface area contributed by atoms with Gasteiger partial charge in [0.2, 0.25) is 5.91 Å². The maximum Gasteiger partial charge on any atom is 0.317 e. The molecule has 0 spiro atoms. The first kappa shape index (κ1) is 15.5. The fourth-order valence-corrected chi connectivity index (χ4v) is 4.33. The molecule has 0 aromatic carbocycles. The Bertz CT molecular complexity index is 627. The zero-order chi connectivity index (χ0) is 16.5. The lowest BCUT2D eigenvalue weighted by Crippen LogP contribution is -2.53. The van der Waals surface area contributed by atoms with Crippen LogP contribution in [0.5, 0.6) is 0 Å². The molecule has 2 atom stereocenters. The van der Waals surface area contributed by atoms with Crippen molar-refractivity contribution >= 4 is 11.9 Å². The van der Waals surface area contributed by atoms with Crippen molar-refractivity contribution in [1.82, 2.24) is 15.1 Å². The number of carbonyl (C=O) groups is 2. The van der Waals surface area contributed by atoms with Crippen LogP contribution in [0.3, 0.4) is 0 Å². The van der Waals surface area contributed by atoms with Crippen LogP contribution in [0.15, 0.2) is 16.7 Å². The highest BCUT2D eigenvalue weighted by Crippen LogP contribution is 2.31. The molecular weight excluding hydrogens is 306 g/mol. The maximum absolute atomic E-state index is 12.7. The van der Waals surface area contributed by atoms with E-state index < -0.39 is 0 Å². The topological polar surface area (TPSA) is 65.8 Å². The minimum Gasteiger partial charge on any atom is -0.469 e. The summed E-state index contributed by atoms with van der Waals surface area (Å²) in [4.78, 5) is 28.6. The van der Waals surface area contributed by atoms with E-state index in [4.69, 9.17) is 4.42 Å². The highest BCUT2D eigenvalue weighted by atomic mass is 16.3. The number of nitrogens with one attached hydrogen (secondary N) is 1. The molecule has 0 bridgehead atoms. The molecule has 2 aliphatic heterocycles. The quantitative estimate of drug-likeness (QED) is 0.905. The molecule has 0 unspecified atom stereocenters. The van der Waals surface area contributed by atoms with Gasteiger partial charge in [-0.1, -0.05) is 0 Å². The molecule has 2 saturated heterocycles. The summed E-state index contributed by atoms with van der Waals surface area (Å²) in [5, 5.41) is 3.18. The normalized spacial score (nSPS) is 27.2. The van der Waals surface area contributed by atoms with Crippen LogP contribution in [0.1, 0.15) is 55.9 Å². The van der Waals surface area contributed by atoms with E-state index in [1.807, 2.05) is 15.9 Å². The van der Waals surface area contributed by atoms with Crippen molar-refractivity contribution in [1.29, 1.82) is 0 Å². The zero-order valence-corrected chi connectivity index (χ0v) is 14.0. The molecule has 6 nitrogen and oxygen atoms in total. The molecule has 0 saturated carbocycles. The van der Waals surface area contributed by atoms with E-state index in [0.717, 1.165) is 62.9 Å². The molecule has 1 aromatic heterocycles. The first-order valence-electron chi connectivity index (χ1n) is 9.13. The fourth-order valence-electron chi connectivity index (χ4n) is 4.33. The van der Waals surface area contributed by atoms with Gasteiger partial charge in [-0.25, -0.2) is 4.79 Å². The summed E-state index contributed by atoms with van der Waals surface area (Å²) < 4.78 is 5.50. The molecule has 0 radical (unpaired) electrons. The lowest BCUT2D eigenvalue weighted by molar-refractivity contribution is -0.130. The van der Waals surface area contributed by atoms with Gasteiger partial charge in [-0.2, -0.15) is 0 Å². The van der Waals surface area contributed by atoms with Crippen molar-refractivity contribution in [3.8, 4) is 0 Å². The molecule has 6 heteroatoms. The van der Waals surface area contributed by atoms with E-state index in [-0.39, 0.29) is 24.0 Å². The summed E-state index contributed by atoms with van der Waals surface area (Å²) in [5.74, 6) is 1.25. The Morgan fingerprint density at radius 2 is 2.08 bits per heavy atom. The molecule has 1 N–H and O–H groups in total. The summed E-state index contributed by atoms with van der Waals surface area (Å²) >= 11 is 0. The van der Waals surface area contributed by atoms with E-state index >= 15 is 0 Å². The number of furan rings is 1. The second kappa shape index (κ2) is 6.49. The number of hydrogen-bond acceptors (Lipinski definition) is 3. The lowest BCUT2D eigenvalue weighted by atomic mass is 9.93. The fraction of sp³-hybridized carbons (Fsp3) is 0.667. The van der Waals surface area contributed by atoms with E-state index in [1.165, 1.54) is 0 Å². The molecule has 4 rings (SSSR count). The average molecular weight is 331 g/mol. The van der Waals surface area contributed by atoms with Gasteiger partial charge in [0.05, 0.1) is 12.3 Å². The van der Waals surface area contributed by atoms with Gasteiger partial charge in [0.25, 0.3) is 0 Å². The molecule has 1 aliphatic carbocycles. The summed E-state index contributed by atoms with van der Waals surface area (Å²) in [6, 6.07) is 2.20. The lowest BCUT2D eigenvalue weighted by Gasteiger charge is -2.38. The van der Waals surface area contributed by atoms with Gasteiger partial charge in [-0.3, -0.25) is 4.79 Å². The molecular formula is C18H25N3O3. The maximum atomic E-state index is 12.7. The van der Waals surface area contributed by atoms with Gasteiger partial charge in [-0.15, -0.1) is 0 Å². The smallest absolute Gasteiger partial charge is 0.317 e. The number of carbonyl (C=O) groups excluding carboxylic acids is 2. The standard InChI is InChI=1S/C18H25N3O3/c22-17-7-3-10-21(17)13-4-2-9-20(12-13)18(23)19-15-5-1-6-16-14(15)8-11-24-16/h8,11,13,15H,1-7,9-10,12H2,(H,19,23)/t13-,15-/m0/s1. The van der Waals surface area contributed by atoms with E-state index in [1.54, 1.807) is 6.26 Å². The molecule has 24 heavy (non-hydrogen) atoms. The van der Waals surface area contributed by atoms with Gasteiger partial charge >= 0.3 is 6.03 Å². The summed E-state index contributed by atoms with van der Waals surface area (Å²) in [5.41, 5.74) is 1.12. The van der Waals surface area contributed by atoms with Crippen molar-refractivity contribution in [3.05, 3.63) is 23.7 Å². The SMILES string of the molecule is O=C(N[C@H]1CCCc2occc21)N1CCC[C@H](N2CCCC2=O)C1. The van der Waals surface area contributed by atoms with Crippen LogP contribution >= 0.6 is 0 Å². The highest BCUT2D eigenvalue weighted by Gasteiger charge is 2.33. The predicted octanol–water partition coefficient (Wildman–Crippen LogP) is 2.45. The average Bonchev–Trinajstić information content (AvgIpc) is 3.24. The van der Waals surface area contributed by atoms with Crippen LogP contribution in [0.2, 0.25) is 0 Å². The van der Waals surface area contributed by atoms with Crippen molar-refractivity contribution in [2.75, 3.05) is 19.6 Å². The first-order valence-corrected chi connectivity index (χ1v) is 9.13. The molecule has 1 aromatic rings. The Morgan fingerprint density at radius 3 is 2.92 bits per heavy atom. The number of urea groups is 1. The van der Waals surface area contributed by atoms with Crippen LogP contribution in [0.4, 0.5) is 4.79 Å². The number of aryl methyl sites for hydroxylation is 1. The van der Waals surface area contributed by atoms with Gasteiger partial charge < -0.3 is 19.5 Å². The summed E-state index contributed by atoms with van der Waals surface area (Å²) in [6.07, 6.45) is 8.24. The van der Waals surface area contributed by atoms with E-state index in [9.17, 15) is 9.59 Å². The van der Waals surface area contributed by atoms with Crippen molar-refractivity contribution in [2.45, 2.75) is 57.0 Å². The second-order valence-electron chi connectivity index (χ2n) is 7.13. The van der Waals surface area contributed by atoms with Crippen molar-refractivity contribution in [3.63, 3.8) is 0 Å². The number of hydrogen-bond donors (Lipinski definition) is 1. The monoisotopic (exact) mass is 331 g/mol. The van der Waals surface area contributed by atoms with Gasteiger partial charge in [0.1, 0.15) is 5.76 Å². The molecule has 3 heterocycles. The molecule has 2 fully saturated rings. The largest absolute Gasteiger partial charge is 0.469 e. The van der Waals surface area contributed by atoms with Gasteiger partial charge in [0.15, 0.2) is 0 Å². The predicted molar refractivity (Wildman–Crippen MR) is 88.5 cm³/mol. The second-order valence-corrected chi connectivity index (χ2v) is 7.13. The van der Waals surface area contributed by atoms with E-state index in [2.05, 4.69) is 5.32 Å². The molecule has 130 valence electrons. The Morgan fingerprint density at radius 1 is 1.17 bits per heavy atom. The Hall–Kier alpha value is -1.98. The Kier molecular flexibility index (Phi) is 4.21. The minimum atomic E-state index is -0.00889. The Balaban J connectivity index is 1.39. The van der Waals surface area contributed by atoms with Crippen LogP contribution in [0.25, 0.3) is 0 Å². The van der Waals surface area contributed by atoms with Crippen LogP contribution < -0.4 is 5.32 Å². The molecule has 3 aliphatic rings. The van der Waals surface area contributed by atoms with Crippen molar-refractivity contribution < 1.29 is 14.0 Å². The highest BCUT2D eigenvalue weighted by molar-refractivity contribution is 5.79. The van der Waals surface area contributed by atoms with Crippen LogP contribution in [0, 0.1) is 0 Å². The number of amides is 3. The number of piperidine rings is 1. The number of nitrogens with zero attached hydrogens (tertiary/aromatic N) is 2. The number of likely N-dealkylation sites (tertiary alicyclic amines) is 2. The van der Waals surface area contributed by atoms with Crippen molar-refractivity contribution in [2.24, 2.45) is 0 Å². The van der Waals surface area contributed by atoms with Gasteiger partial charge in [-0.05, 0) is 38.2 Å². The van der Waals surface area contributed by atoms with Crippen LogP contribution in [-0.2, 0) is 11.2 Å². The third-order valence-electron chi connectivity index (χ3n) is 5.58. The van der Waals surface area contributed by atoms with Gasteiger partial charge in [0, 0.05) is 44.1 Å². The zero-order valence-electron chi connectivity index (χ0n) is 14.0. The molecule has 3 amide bonds. The third-order valence-corrected chi connectivity index (χ3v) is 5.58. The summed E-state index contributed by atoms with van der Waals surface area (Å²) in [7, 11) is 0. The number of fused-ring (bicyclic) bond motifs is 1.